The highest BCUT2D eigenvalue weighted by atomic mass is 16.6. The van der Waals surface area contributed by atoms with Crippen molar-refractivity contribution in [3.8, 4) is 11.3 Å². The van der Waals surface area contributed by atoms with Gasteiger partial charge in [0.2, 0.25) is 0 Å². The Morgan fingerprint density at radius 3 is 2.65 bits per heavy atom. The van der Waals surface area contributed by atoms with E-state index in [2.05, 4.69) is 5.10 Å². The number of nitro groups is 1. The van der Waals surface area contributed by atoms with E-state index in [1.54, 1.807) is 37.0 Å². The Hall–Kier alpha value is -2.37. The number of anilines is 1. The predicted molar refractivity (Wildman–Crippen MR) is 64.4 cm³/mol. The van der Waals surface area contributed by atoms with Crippen LogP contribution < -0.4 is 5.73 Å². The minimum absolute atomic E-state index is 0.106. The van der Waals surface area contributed by atoms with Crippen LogP contribution in [0.15, 0.2) is 24.4 Å². The van der Waals surface area contributed by atoms with E-state index in [4.69, 9.17) is 5.73 Å². The largest absolute Gasteiger partial charge is 0.396 e. The fourth-order valence-electron chi connectivity index (χ4n) is 1.82. The SMILES string of the molecule is Cc1cc(-c2c(N)cnn2C)ccc1[N+](=O)[O-]. The van der Waals surface area contributed by atoms with Crippen molar-refractivity contribution in [3.05, 3.63) is 40.1 Å². The van der Waals surface area contributed by atoms with Crippen molar-refractivity contribution < 1.29 is 4.92 Å². The molecule has 2 rings (SSSR count). The van der Waals surface area contributed by atoms with Crippen molar-refractivity contribution in [2.75, 3.05) is 5.73 Å². The Bertz CT molecular complexity index is 570. The van der Waals surface area contributed by atoms with Crippen molar-refractivity contribution in [3.63, 3.8) is 0 Å². The van der Waals surface area contributed by atoms with Crippen LogP contribution in [0.1, 0.15) is 5.56 Å². The topological polar surface area (TPSA) is 87.0 Å². The highest BCUT2D eigenvalue weighted by Crippen LogP contribution is 2.29. The van der Waals surface area contributed by atoms with Crippen LogP contribution in [-0.4, -0.2) is 14.7 Å². The minimum Gasteiger partial charge on any atom is -0.396 e. The summed E-state index contributed by atoms with van der Waals surface area (Å²) in [6.07, 6.45) is 1.56. The fourth-order valence-corrected chi connectivity index (χ4v) is 1.82. The molecule has 1 heterocycles. The maximum absolute atomic E-state index is 10.7. The van der Waals surface area contributed by atoms with Gasteiger partial charge in [0.1, 0.15) is 0 Å². The van der Waals surface area contributed by atoms with Gasteiger partial charge in [0.05, 0.1) is 22.5 Å². The van der Waals surface area contributed by atoms with E-state index in [-0.39, 0.29) is 5.69 Å². The van der Waals surface area contributed by atoms with Gasteiger partial charge >= 0.3 is 0 Å². The lowest BCUT2D eigenvalue weighted by molar-refractivity contribution is -0.385. The number of nitrogens with two attached hydrogens (primary N) is 1. The summed E-state index contributed by atoms with van der Waals surface area (Å²) in [4.78, 5) is 10.3. The summed E-state index contributed by atoms with van der Waals surface area (Å²) in [5, 5.41) is 14.8. The van der Waals surface area contributed by atoms with Gasteiger partial charge in [-0.05, 0) is 19.1 Å². The van der Waals surface area contributed by atoms with Gasteiger partial charge in [-0.3, -0.25) is 14.8 Å². The molecule has 0 aliphatic carbocycles. The average Bonchev–Trinajstić information content (AvgIpc) is 2.58. The number of hydrogen-bond acceptors (Lipinski definition) is 4. The van der Waals surface area contributed by atoms with Crippen LogP contribution in [0.5, 0.6) is 0 Å². The van der Waals surface area contributed by atoms with Gasteiger partial charge in [-0.1, -0.05) is 0 Å². The van der Waals surface area contributed by atoms with Crippen LogP contribution in [0.25, 0.3) is 11.3 Å². The van der Waals surface area contributed by atoms with E-state index in [1.807, 2.05) is 0 Å². The van der Waals surface area contributed by atoms with Crippen molar-refractivity contribution >= 4 is 11.4 Å². The number of nitro benzene ring substituents is 1. The number of nitrogens with zero attached hydrogens (tertiary/aromatic N) is 3. The molecule has 6 heteroatoms. The molecule has 2 aromatic rings. The first-order chi connectivity index (χ1) is 8.00. The molecular weight excluding hydrogens is 220 g/mol. The van der Waals surface area contributed by atoms with Crippen LogP contribution in [-0.2, 0) is 7.05 Å². The molecule has 0 spiro atoms. The number of nitrogen functional groups attached to an aromatic ring is 1. The van der Waals surface area contributed by atoms with Crippen LogP contribution in [0, 0.1) is 17.0 Å². The smallest absolute Gasteiger partial charge is 0.272 e. The van der Waals surface area contributed by atoms with E-state index in [0.717, 1.165) is 11.3 Å². The Kier molecular flexibility index (Phi) is 2.55. The van der Waals surface area contributed by atoms with Crippen LogP contribution >= 0.6 is 0 Å². The van der Waals surface area contributed by atoms with Gasteiger partial charge in [0.25, 0.3) is 5.69 Å². The number of aryl methyl sites for hydroxylation is 2. The van der Waals surface area contributed by atoms with Crippen molar-refractivity contribution in [1.29, 1.82) is 0 Å². The van der Waals surface area contributed by atoms with Gasteiger partial charge in [-0.15, -0.1) is 0 Å². The third kappa shape index (κ3) is 1.84. The summed E-state index contributed by atoms with van der Waals surface area (Å²) in [5.74, 6) is 0. The Morgan fingerprint density at radius 1 is 1.47 bits per heavy atom. The van der Waals surface area contributed by atoms with E-state index >= 15 is 0 Å². The number of benzene rings is 1. The second-order valence-corrected chi connectivity index (χ2v) is 3.83. The maximum Gasteiger partial charge on any atom is 0.272 e. The van der Waals surface area contributed by atoms with Gasteiger partial charge in [0.15, 0.2) is 0 Å². The normalized spacial score (nSPS) is 10.5. The molecule has 0 radical (unpaired) electrons. The van der Waals surface area contributed by atoms with E-state index in [1.165, 1.54) is 6.07 Å². The fraction of sp³-hybridized carbons (Fsp3) is 0.182. The molecule has 0 amide bonds. The highest BCUT2D eigenvalue weighted by molar-refractivity contribution is 5.74. The van der Waals surface area contributed by atoms with Crippen molar-refractivity contribution in [2.45, 2.75) is 6.92 Å². The second-order valence-electron chi connectivity index (χ2n) is 3.83. The summed E-state index contributed by atoms with van der Waals surface area (Å²) < 4.78 is 1.65. The Morgan fingerprint density at radius 2 is 2.18 bits per heavy atom. The first-order valence-corrected chi connectivity index (χ1v) is 5.03. The summed E-state index contributed by atoms with van der Waals surface area (Å²) in [7, 11) is 1.78. The summed E-state index contributed by atoms with van der Waals surface area (Å²) >= 11 is 0. The molecule has 0 fully saturated rings. The molecule has 0 saturated heterocycles. The summed E-state index contributed by atoms with van der Waals surface area (Å²) in [5.41, 5.74) is 8.66. The van der Waals surface area contributed by atoms with Gasteiger partial charge < -0.3 is 5.73 Å². The first kappa shape index (κ1) is 11.1. The molecule has 1 aromatic heterocycles. The molecule has 0 bridgehead atoms. The maximum atomic E-state index is 10.7. The Balaban J connectivity index is 2.56. The molecular formula is C11H12N4O2. The third-order valence-corrected chi connectivity index (χ3v) is 2.63. The van der Waals surface area contributed by atoms with Gasteiger partial charge in [0, 0.05) is 24.2 Å². The molecule has 0 unspecified atom stereocenters. The van der Waals surface area contributed by atoms with Crippen LogP contribution in [0.2, 0.25) is 0 Å². The molecule has 0 aliphatic heterocycles. The van der Waals surface area contributed by atoms with Gasteiger partial charge in [-0.2, -0.15) is 5.10 Å². The van der Waals surface area contributed by atoms with E-state index < -0.39 is 4.92 Å². The second kappa shape index (κ2) is 3.89. The molecule has 0 atom stereocenters. The number of aromatic nitrogens is 2. The molecule has 0 aliphatic rings. The zero-order chi connectivity index (χ0) is 12.6. The van der Waals surface area contributed by atoms with E-state index in [0.29, 0.717) is 11.3 Å². The third-order valence-electron chi connectivity index (χ3n) is 2.63. The molecule has 2 N–H and O–H groups in total. The van der Waals surface area contributed by atoms with Crippen LogP contribution in [0.4, 0.5) is 11.4 Å². The predicted octanol–water partition coefficient (Wildman–Crippen LogP) is 1.89. The van der Waals surface area contributed by atoms with Crippen molar-refractivity contribution in [2.24, 2.45) is 7.05 Å². The standard InChI is InChI=1S/C11H12N4O2/c1-7-5-8(3-4-10(7)15(16)17)11-9(12)6-13-14(11)2/h3-6H,12H2,1-2H3. The molecule has 6 nitrogen and oxygen atoms in total. The minimum atomic E-state index is -0.397. The number of hydrogen-bond donors (Lipinski definition) is 1. The lowest BCUT2D eigenvalue weighted by Gasteiger charge is -2.05. The highest BCUT2D eigenvalue weighted by Gasteiger charge is 2.14. The average molecular weight is 232 g/mol. The zero-order valence-electron chi connectivity index (χ0n) is 9.54. The molecule has 88 valence electrons. The van der Waals surface area contributed by atoms with Crippen LogP contribution in [0.3, 0.4) is 0 Å². The van der Waals surface area contributed by atoms with Crippen molar-refractivity contribution in [1.82, 2.24) is 9.78 Å². The molecule has 1 aromatic carbocycles. The molecule has 17 heavy (non-hydrogen) atoms. The lowest BCUT2D eigenvalue weighted by Crippen LogP contribution is -1.97. The van der Waals surface area contributed by atoms with E-state index in [9.17, 15) is 10.1 Å². The quantitative estimate of drug-likeness (QED) is 0.632. The summed E-state index contributed by atoms with van der Waals surface area (Å²) in [6.45, 7) is 1.70. The molecule has 0 saturated carbocycles. The monoisotopic (exact) mass is 232 g/mol. The van der Waals surface area contributed by atoms with Gasteiger partial charge in [-0.25, -0.2) is 0 Å². The zero-order valence-corrected chi connectivity index (χ0v) is 9.54. The lowest BCUT2D eigenvalue weighted by atomic mass is 10.1. The Labute approximate surface area is 97.8 Å². The first-order valence-electron chi connectivity index (χ1n) is 5.03. The summed E-state index contributed by atoms with van der Waals surface area (Å²) in [6, 6.07) is 4.90. The number of rotatable bonds is 2.